The second kappa shape index (κ2) is 16.2. The summed E-state index contributed by atoms with van der Waals surface area (Å²) in [6.07, 6.45) is 25.6. The van der Waals surface area contributed by atoms with Crippen LogP contribution < -0.4 is 5.73 Å². The number of phenols is 1. The second-order valence-electron chi connectivity index (χ2n) is 9.39. The molecule has 1 aromatic heterocycles. The molecular weight excluding hydrogens is 380 g/mol. The first-order valence-electron chi connectivity index (χ1n) is 13.3. The van der Waals surface area contributed by atoms with E-state index in [-0.39, 0.29) is 0 Å². The van der Waals surface area contributed by atoms with Crippen LogP contribution in [0.15, 0.2) is 24.4 Å². The van der Waals surface area contributed by atoms with Crippen LogP contribution in [0.4, 0.5) is 0 Å². The molecule has 176 valence electrons. The normalized spacial score (nSPS) is 11.5. The Bertz CT molecular complexity index is 706. The number of benzene rings is 1. The fourth-order valence-electron chi connectivity index (χ4n) is 4.73. The van der Waals surface area contributed by atoms with E-state index in [2.05, 4.69) is 17.7 Å². The van der Waals surface area contributed by atoms with Gasteiger partial charge >= 0.3 is 0 Å². The van der Waals surface area contributed by atoms with E-state index in [9.17, 15) is 5.11 Å². The fourth-order valence-corrected chi connectivity index (χ4v) is 4.73. The van der Waals surface area contributed by atoms with Crippen LogP contribution >= 0.6 is 0 Å². The molecule has 0 saturated carbocycles. The number of fused-ring (bicyclic) bond motifs is 1. The lowest BCUT2D eigenvalue weighted by Crippen LogP contribution is -2.02. The van der Waals surface area contributed by atoms with Crippen LogP contribution in [0.1, 0.15) is 115 Å². The number of unbranched alkanes of at least 4 members (excludes halogenated alkanes) is 15. The van der Waals surface area contributed by atoms with E-state index in [1.807, 2.05) is 12.1 Å². The van der Waals surface area contributed by atoms with E-state index in [1.54, 1.807) is 6.07 Å². The summed E-state index contributed by atoms with van der Waals surface area (Å²) in [6.45, 7) is 4.00. The van der Waals surface area contributed by atoms with Gasteiger partial charge in [0.15, 0.2) is 0 Å². The number of rotatable bonds is 19. The standard InChI is InChI=1S/C28H48N2O/c1-2-3-4-5-6-7-8-9-10-11-12-13-14-15-16-17-22-30-24-25(20-21-29)27-23-26(31)18-19-28(27)30/h18-19,23-24,31H,2-17,20-22,29H2,1H3. The summed E-state index contributed by atoms with van der Waals surface area (Å²) in [6, 6.07) is 5.71. The van der Waals surface area contributed by atoms with Gasteiger partial charge in [-0.3, -0.25) is 0 Å². The van der Waals surface area contributed by atoms with Crippen molar-refractivity contribution in [3.63, 3.8) is 0 Å². The van der Waals surface area contributed by atoms with Gasteiger partial charge in [-0.2, -0.15) is 0 Å². The molecule has 3 N–H and O–H groups in total. The molecule has 1 heterocycles. The molecule has 0 aliphatic carbocycles. The molecule has 31 heavy (non-hydrogen) atoms. The molecule has 3 heteroatoms. The molecule has 0 aliphatic rings. The Hall–Kier alpha value is -1.48. The van der Waals surface area contributed by atoms with E-state index >= 15 is 0 Å². The highest BCUT2D eigenvalue weighted by atomic mass is 16.3. The number of nitrogens with zero attached hydrogens (tertiary/aromatic N) is 1. The lowest BCUT2D eigenvalue weighted by molar-refractivity contribution is 0.476. The van der Waals surface area contributed by atoms with Crippen molar-refractivity contribution in [1.29, 1.82) is 0 Å². The van der Waals surface area contributed by atoms with E-state index in [1.165, 1.54) is 114 Å². The summed E-state index contributed by atoms with van der Waals surface area (Å²) in [5.74, 6) is 0.339. The van der Waals surface area contributed by atoms with E-state index in [4.69, 9.17) is 5.73 Å². The van der Waals surface area contributed by atoms with Gasteiger partial charge in [-0.05, 0) is 43.1 Å². The predicted molar refractivity (Wildman–Crippen MR) is 136 cm³/mol. The average Bonchev–Trinajstić information content (AvgIpc) is 3.10. The minimum Gasteiger partial charge on any atom is -0.508 e. The third-order valence-electron chi connectivity index (χ3n) is 6.61. The Labute approximate surface area is 191 Å². The van der Waals surface area contributed by atoms with Gasteiger partial charge < -0.3 is 15.4 Å². The number of phenolic OH excluding ortho intramolecular Hbond substituents is 1. The third kappa shape index (κ3) is 10.1. The highest BCUT2D eigenvalue weighted by Gasteiger charge is 2.08. The van der Waals surface area contributed by atoms with Gasteiger partial charge in [0.25, 0.3) is 0 Å². The first kappa shape index (κ1) is 25.8. The maximum absolute atomic E-state index is 9.82. The molecule has 0 atom stereocenters. The molecule has 0 unspecified atom stereocenters. The SMILES string of the molecule is CCCCCCCCCCCCCCCCCCn1cc(CCN)c2cc(O)ccc21. The summed E-state index contributed by atoms with van der Waals surface area (Å²) < 4.78 is 2.35. The van der Waals surface area contributed by atoms with Crippen LogP contribution in [0.2, 0.25) is 0 Å². The van der Waals surface area contributed by atoms with E-state index < -0.39 is 0 Å². The molecule has 0 bridgehead atoms. The number of hydrogen-bond acceptors (Lipinski definition) is 2. The molecule has 0 aliphatic heterocycles. The second-order valence-corrected chi connectivity index (χ2v) is 9.39. The third-order valence-corrected chi connectivity index (χ3v) is 6.61. The lowest BCUT2D eigenvalue weighted by Gasteiger charge is -2.06. The van der Waals surface area contributed by atoms with Crippen molar-refractivity contribution in [2.24, 2.45) is 5.73 Å². The Balaban J connectivity index is 1.47. The highest BCUT2D eigenvalue weighted by molar-refractivity contribution is 5.85. The molecule has 0 spiro atoms. The van der Waals surface area contributed by atoms with Crippen molar-refractivity contribution in [1.82, 2.24) is 4.57 Å². The molecule has 0 fully saturated rings. The zero-order chi connectivity index (χ0) is 22.2. The largest absolute Gasteiger partial charge is 0.508 e. The van der Waals surface area contributed by atoms with Crippen LogP contribution in [-0.2, 0) is 13.0 Å². The number of aryl methyl sites for hydroxylation is 1. The Morgan fingerprint density at radius 3 is 1.77 bits per heavy atom. The molecule has 0 radical (unpaired) electrons. The average molecular weight is 429 g/mol. The quantitative estimate of drug-likeness (QED) is 0.222. The van der Waals surface area contributed by atoms with Crippen molar-refractivity contribution < 1.29 is 5.11 Å². The minimum absolute atomic E-state index is 0.339. The Morgan fingerprint density at radius 1 is 0.742 bits per heavy atom. The lowest BCUT2D eigenvalue weighted by atomic mass is 10.0. The summed E-state index contributed by atoms with van der Waals surface area (Å²) >= 11 is 0. The van der Waals surface area contributed by atoms with Crippen molar-refractivity contribution in [2.45, 2.75) is 123 Å². The van der Waals surface area contributed by atoms with Crippen molar-refractivity contribution >= 4 is 10.9 Å². The van der Waals surface area contributed by atoms with Crippen molar-refractivity contribution in [3.8, 4) is 5.75 Å². The summed E-state index contributed by atoms with van der Waals surface area (Å²) in [7, 11) is 0. The number of nitrogens with two attached hydrogens (primary N) is 1. The topological polar surface area (TPSA) is 51.2 Å². The molecule has 2 rings (SSSR count). The summed E-state index contributed by atoms with van der Waals surface area (Å²) in [5.41, 5.74) is 8.25. The monoisotopic (exact) mass is 428 g/mol. The first-order chi connectivity index (χ1) is 15.3. The van der Waals surface area contributed by atoms with Gasteiger partial charge in [0.1, 0.15) is 5.75 Å². The van der Waals surface area contributed by atoms with Gasteiger partial charge in [-0.15, -0.1) is 0 Å². The Morgan fingerprint density at radius 2 is 1.26 bits per heavy atom. The van der Waals surface area contributed by atoms with Gasteiger partial charge in [-0.25, -0.2) is 0 Å². The van der Waals surface area contributed by atoms with Crippen LogP contribution in [-0.4, -0.2) is 16.2 Å². The van der Waals surface area contributed by atoms with Crippen LogP contribution in [0, 0.1) is 0 Å². The molecule has 2 aromatic rings. The predicted octanol–water partition coefficient (Wildman–Crippen LogP) is 8.11. The van der Waals surface area contributed by atoms with Gasteiger partial charge in [-0.1, -0.05) is 103 Å². The Kier molecular flexibility index (Phi) is 13.5. The summed E-state index contributed by atoms with van der Waals surface area (Å²) in [4.78, 5) is 0. The number of aromatic nitrogens is 1. The highest BCUT2D eigenvalue weighted by Crippen LogP contribution is 2.26. The van der Waals surface area contributed by atoms with Gasteiger partial charge in [0.2, 0.25) is 0 Å². The number of hydrogen-bond donors (Lipinski definition) is 2. The van der Waals surface area contributed by atoms with Crippen LogP contribution in [0.5, 0.6) is 5.75 Å². The maximum Gasteiger partial charge on any atom is 0.116 e. The fraction of sp³-hybridized carbons (Fsp3) is 0.714. The van der Waals surface area contributed by atoms with E-state index in [0.717, 1.165) is 18.4 Å². The van der Waals surface area contributed by atoms with E-state index in [0.29, 0.717) is 12.3 Å². The smallest absolute Gasteiger partial charge is 0.116 e. The van der Waals surface area contributed by atoms with Gasteiger partial charge in [0.05, 0.1) is 0 Å². The first-order valence-corrected chi connectivity index (χ1v) is 13.3. The summed E-state index contributed by atoms with van der Waals surface area (Å²) in [5, 5.41) is 11.0. The zero-order valence-electron chi connectivity index (χ0n) is 20.2. The maximum atomic E-state index is 9.82. The minimum atomic E-state index is 0.339. The van der Waals surface area contributed by atoms with Crippen LogP contribution in [0.25, 0.3) is 10.9 Å². The van der Waals surface area contributed by atoms with Crippen molar-refractivity contribution in [3.05, 3.63) is 30.0 Å². The molecular formula is C28H48N2O. The number of aromatic hydroxyl groups is 1. The molecule has 0 saturated heterocycles. The van der Waals surface area contributed by atoms with Crippen molar-refractivity contribution in [2.75, 3.05) is 6.54 Å². The van der Waals surface area contributed by atoms with Gasteiger partial charge in [0, 0.05) is 23.6 Å². The molecule has 1 aromatic carbocycles. The molecule has 3 nitrogen and oxygen atoms in total. The van der Waals surface area contributed by atoms with Crippen LogP contribution in [0.3, 0.4) is 0 Å². The zero-order valence-corrected chi connectivity index (χ0v) is 20.2. The molecule has 0 amide bonds.